The van der Waals surface area contributed by atoms with Crippen molar-refractivity contribution in [3.63, 3.8) is 0 Å². The van der Waals surface area contributed by atoms with Crippen molar-refractivity contribution in [3.8, 4) is 15.5 Å². The van der Waals surface area contributed by atoms with Crippen LogP contribution in [0.5, 0.6) is 5.06 Å². The summed E-state index contributed by atoms with van der Waals surface area (Å²) in [7, 11) is 0. The third-order valence-electron chi connectivity index (χ3n) is 2.20. The average molecular weight is 362 g/mol. The molecule has 0 spiro atoms. The molecule has 1 aromatic carbocycles. The highest BCUT2D eigenvalue weighted by Crippen LogP contribution is 2.41. The van der Waals surface area contributed by atoms with Gasteiger partial charge in [-0.15, -0.1) is 0 Å². The molecule has 3 nitrogen and oxygen atoms in total. The van der Waals surface area contributed by atoms with Gasteiger partial charge in [-0.3, -0.25) is 0 Å². The summed E-state index contributed by atoms with van der Waals surface area (Å²) < 4.78 is 10.6. The van der Waals surface area contributed by atoms with Gasteiger partial charge in [-0.05, 0) is 40.5 Å². The molecule has 0 N–H and O–H groups in total. The lowest BCUT2D eigenvalue weighted by molar-refractivity contribution is 0.105. The van der Waals surface area contributed by atoms with Gasteiger partial charge in [-0.2, -0.15) is 0 Å². The van der Waals surface area contributed by atoms with Gasteiger partial charge in [0.05, 0.1) is 11.5 Å². The predicted molar refractivity (Wildman–Crippen MR) is 80.1 cm³/mol. The van der Waals surface area contributed by atoms with Gasteiger partial charge in [0.15, 0.2) is 5.06 Å². The molecular formula is C13H10BrClO3S. The Labute approximate surface area is 128 Å². The van der Waals surface area contributed by atoms with E-state index >= 15 is 0 Å². The third kappa shape index (κ3) is 3.72. The van der Waals surface area contributed by atoms with Crippen LogP contribution >= 0.6 is 38.9 Å². The standard InChI is InChI=1S/C13H10BrClO3S/c1-2-17-13(16)18-11-7-10(14)12(19-11)8-4-3-5-9(15)6-8/h3-7H,2H2,1H3. The van der Waals surface area contributed by atoms with E-state index in [9.17, 15) is 4.79 Å². The second-order valence-electron chi connectivity index (χ2n) is 3.54. The summed E-state index contributed by atoms with van der Waals surface area (Å²) in [5, 5.41) is 1.13. The molecule has 0 aliphatic carbocycles. The van der Waals surface area contributed by atoms with Gasteiger partial charge in [0.1, 0.15) is 0 Å². The first kappa shape index (κ1) is 14.4. The first-order chi connectivity index (χ1) is 9.10. The van der Waals surface area contributed by atoms with Crippen LogP contribution in [0.3, 0.4) is 0 Å². The predicted octanol–water partition coefficient (Wildman–Crippen LogP) is 5.37. The van der Waals surface area contributed by atoms with E-state index in [1.807, 2.05) is 24.3 Å². The lowest BCUT2D eigenvalue weighted by Crippen LogP contribution is -2.08. The smallest absolute Gasteiger partial charge is 0.434 e. The van der Waals surface area contributed by atoms with Gasteiger partial charge in [-0.1, -0.05) is 35.1 Å². The van der Waals surface area contributed by atoms with Crippen molar-refractivity contribution in [2.75, 3.05) is 6.61 Å². The number of thiophene rings is 1. The van der Waals surface area contributed by atoms with Gasteiger partial charge in [0.2, 0.25) is 0 Å². The Hall–Kier alpha value is -1.04. The van der Waals surface area contributed by atoms with Gasteiger partial charge >= 0.3 is 6.16 Å². The van der Waals surface area contributed by atoms with Crippen molar-refractivity contribution >= 4 is 45.0 Å². The molecule has 6 heteroatoms. The molecule has 0 radical (unpaired) electrons. The first-order valence-electron chi connectivity index (χ1n) is 5.50. The minimum Gasteiger partial charge on any atom is -0.434 e. The summed E-state index contributed by atoms with van der Waals surface area (Å²) >= 11 is 10.8. The second kappa shape index (κ2) is 6.41. The monoisotopic (exact) mass is 360 g/mol. The quantitative estimate of drug-likeness (QED) is 0.690. The SMILES string of the molecule is CCOC(=O)Oc1cc(Br)c(-c2cccc(Cl)c2)s1. The van der Waals surface area contributed by atoms with Crippen LogP contribution in [0.25, 0.3) is 10.4 Å². The van der Waals surface area contributed by atoms with Crippen LogP contribution in [0.1, 0.15) is 6.92 Å². The Bertz CT molecular complexity index is 597. The Balaban J connectivity index is 2.24. The van der Waals surface area contributed by atoms with Crippen molar-refractivity contribution in [2.45, 2.75) is 6.92 Å². The average Bonchev–Trinajstić information content (AvgIpc) is 2.70. The molecule has 0 aliphatic rings. The number of hydrogen-bond donors (Lipinski definition) is 0. The maximum atomic E-state index is 11.2. The van der Waals surface area contributed by atoms with Gasteiger partial charge in [0.25, 0.3) is 0 Å². The molecular weight excluding hydrogens is 352 g/mol. The van der Waals surface area contributed by atoms with E-state index in [2.05, 4.69) is 15.9 Å². The Morgan fingerprint density at radius 3 is 2.89 bits per heavy atom. The number of rotatable bonds is 3. The first-order valence-corrected chi connectivity index (χ1v) is 7.48. The van der Waals surface area contributed by atoms with Crippen LogP contribution in [0.4, 0.5) is 4.79 Å². The fraction of sp³-hybridized carbons (Fsp3) is 0.154. The summed E-state index contributed by atoms with van der Waals surface area (Å²) in [4.78, 5) is 12.2. The summed E-state index contributed by atoms with van der Waals surface area (Å²) in [6.07, 6.45) is -0.700. The van der Waals surface area contributed by atoms with Crippen LogP contribution in [-0.2, 0) is 4.74 Å². The van der Waals surface area contributed by atoms with Crippen LogP contribution in [0.15, 0.2) is 34.8 Å². The lowest BCUT2D eigenvalue weighted by Gasteiger charge is -2.00. The molecule has 1 heterocycles. The molecule has 2 rings (SSSR count). The molecule has 19 heavy (non-hydrogen) atoms. The van der Waals surface area contributed by atoms with E-state index in [4.69, 9.17) is 21.1 Å². The fourth-order valence-corrected chi connectivity index (χ4v) is 3.36. The molecule has 0 saturated carbocycles. The zero-order valence-electron chi connectivity index (χ0n) is 9.98. The van der Waals surface area contributed by atoms with E-state index in [0.717, 1.165) is 14.9 Å². The zero-order chi connectivity index (χ0) is 13.8. The lowest BCUT2D eigenvalue weighted by atomic mass is 10.2. The molecule has 1 aromatic heterocycles. The highest BCUT2D eigenvalue weighted by molar-refractivity contribution is 9.10. The minimum absolute atomic E-state index is 0.284. The van der Waals surface area contributed by atoms with Gasteiger partial charge in [-0.25, -0.2) is 4.79 Å². The summed E-state index contributed by atoms with van der Waals surface area (Å²) in [6, 6.07) is 9.21. The Kier molecular flexibility index (Phi) is 4.85. The fourth-order valence-electron chi connectivity index (χ4n) is 1.45. The molecule has 0 fully saturated rings. The van der Waals surface area contributed by atoms with E-state index < -0.39 is 6.16 Å². The van der Waals surface area contributed by atoms with Crippen molar-refractivity contribution in [3.05, 3.63) is 39.8 Å². The summed E-state index contributed by atoms with van der Waals surface area (Å²) in [5.41, 5.74) is 0.961. The molecule has 0 aliphatic heterocycles. The highest BCUT2D eigenvalue weighted by atomic mass is 79.9. The number of halogens is 2. The molecule has 100 valence electrons. The van der Waals surface area contributed by atoms with Crippen LogP contribution < -0.4 is 4.74 Å². The van der Waals surface area contributed by atoms with Crippen LogP contribution in [0.2, 0.25) is 5.02 Å². The van der Waals surface area contributed by atoms with Gasteiger partial charge < -0.3 is 9.47 Å². The van der Waals surface area contributed by atoms with Crippen molar-refractivity contribution in [1.82, 2.24) is 0 Å². The molecule has 0 unspecified atom stereocenters. The van der Waals surface area contributed by atoms with Gasteiger partial charge in [0, 0.05) is 15.6 Å². The maximum Gasteiger partial charge on any atom is 0.514 e. The van der Waals surface area contributed by atoms with E-state index in [0.29, 0.717) is 10.1 Å². The molecule has 0 saturated heterocycles. The molecule has 0 bridgehead atoms. The third-order valence-corrected chi connectivity index (χ3v) is 4.38. The highest BCUT2D eigenvalue weighted by Gasteiger charge is 2.13. The molecule has 2 aromatic rings. The molecule has 0 amide bonds. The summed E-state index contributed by atoms with van der Waals surface area (Å²) in [6.45, 7) is 2.01. The van der Waals surface area contributed by atoms with Crippen molar-refractivity contribution in [2.24, 2.45) is 0 Å². The normalized spacial score (nSPS) is 10.3. The van der Waals surface area contributed by atoms with E-state index in [1.54, 1.807) is 13.0 Å². The van der Waals surface area contributed by atoms with Crippen LogP contribution in [0, 0.1) is 0 Å². The number of hydrogen-bond acceptors (Lipinski definition) is 4. The maximum absolute atomic E-state index is 11.2. The van der Waals surface area contributed by atoms with E-state index in [-0.39, 0.29) is 6.61 Å². The molecule has 0 atom stereocenters. The van der Waals surface area contributed by atoms with Crippen LogP contribution in [-0.4, -0.2) is 12.8 Å². The zero-order valence-corrected chi connectivity index (χ0v) is 13.1. The largest absolute Gasteiger partial charge is 0.514 e. The van der Waals surface area contributed by atoms with Crippen molar-refractivity contribution < 1.29 is 14.3 Å². The number of benzene rings is 1. The van der Waals surface area contributed by atoms with Crippen molar-refractivity contribution in [1.29, 1.82) is 0 Å². The topological polar surface area (TPSA) is 35.5 Å². The number of ether oxygens (including phenoxy) is 2. The second-order valence-corrected chi connectivity index (χ2v) is 5.84. The Morgan fingerprint density at radius 1 is 1.42 bits per heavy atom. The Morgan fingerprint density at radius 2 is 2.21 bits per heavy atom. The minimum atomic E-state index is -0.700. The van der Waals surface area contributed by atoms with E-state index in [1.165, 1.54) is 11.3 Å². The number of carbonyl (C=O) groups is 1. The summed E-state index contributed by atoms with van der Waals surface area (Å²) in [5.74, 6) is 0. The number of carbonyl (C=O) groups excluding carboxylic acids is 1.